The number of hydrogen-bond donors (Lipinski definition) is 1. The molecule has 0 aliphatic heterocycles. The molecule has 0 spiro atoms. The molecule has 122 valence electrons. The van der Waals surface area contributed by atoms with E-state index in [0.717, 1.165) is 22.2 Å². The molecular formula is C18H16N2O3S. The number of nitrogens with one attached hydrogen (secondary N) is 1. The van der Waals surface area contributed by atoms with Crippen LogP contribution in [0.1, 0.15) is 31.3 Å². The van der Waals surface area contributed by atoms with Gasteiger partial charge in [-0.2, -0.15) is 0 Å². The fourth-order valence-corrected chi connectivity index (χ4v) is 3.27. The van der Waals surface area contributed by atoms with Crippen molar-refractivity contribution < 1.29 is 14.3 Å². The lowest BCUT2D eigenvalue weighted by molar-refractivity contribution is 0.0607. The lowest BCUT2D eigenvalue weighted by Crippen LogP contribution is -2.15. The van der Waals surface area contributed by atoms with E-state index in [1.807, 2.05) is 32.0 Å². The predicted molar refractivity (Wildman–Crippen MR) is 94.8 cm³/mol. The van der Waals surface area contributed by atoms with Crippen molar-refractivity contribution in [3.05, 3.63) is 57.4 Å². The zero-order valence-electron chi connectivity index (χ0n) is 13.5. The molecule has 3 aromatic rings. The molecule has 6 heteroatoms. The van der Waals surface area contributed by atoms with Gasteiger partial charge in [0.25, 0.3) is 5.91 Å². The largest absolute Gasteiger partial charge is 0.465 e. The molecule has 0 aliphatic rings. The van der Waals surface area contributed by atoms with Crippen molar-refractivity contribution in [2.45, 2.75) is 13.8 Å². The SMILES string of the molecule is COC(=O)c1sccc1NC(=O)c1cc(C)nc2ccc(C)cc12. The maximum Gasteiger partial charge on any atom is 0.350 e. The maximum atomic E-state index is 12.8. The van der Waals surface area contributed by atoms with Gasteiger partial charge in [-0.25, -0.2) is 4.79 Å². The summed E-state index contributed by atoms with van der Waals surface area (Å²) in [5, 5.41) is 5.33. The van der Waals surface area contributed by atoms with Gasteiger partial charge in [0.2, 0.25) is 0 Å². The first-order valence-electron chi connectivity index (χ1n) is 7.35. The number of amides is 1. The smallest absolute Gasteiger partial charge is 0.350 e. The topological polar surface area (TPSA) is 68.3 Å². The summed E-state index contributed by atoms with van der Waals surface area (Å²) in [6.07, 6.45) is 0. The molecule has 0 unspecified atom stereocenters. The number of methoxy groups -OCH3 is 1. The molecule has 0 atom stereocenters. The number of fused-ring (bicyclic) bond motifs is 1. The molecule has 1 aromatic carbocycles. The number of thiophene rings is 1. The molecule has 3 rings (SSSR count). The van der Waals surface area contributed by atoms with Crippen LogP contribution in [0.5, 0.6) is 0 Å². The second-order valence-electron chi connectivity index (χ2n) is 5.44. The monoisotopic (exact) mass is 340 g/mol. The Labute approximate surface area is 143 Å². The third-order valence-electron chi connectivity index (χ3n) is 3.62. The van der Waals surface area contributed by atoms with Crippen LogP contribution in [-0.4, -0.2) is 24.0 Å². The van der Waals surface area contributed by atoms with Crippen molar-refractivity contribution in [2.24, 2.45) is 0 Å². The average Bonchev–Trinajstić information content (AvgIpc) is 3.01. The number of esters is 1. The van der Waals surface area contributed by atoms with Crippen LogP contribution in [0.25, 0.3) is 10.9 Å². The van der Waals surface area contributed by atoms with Gasteiger partial charge in [-0.1, -0.05) is 11.6 Å². The number of anilines is 1. The molecule has 0 fully saturated rings. The molecule has 0 bridgehead atoms. The number of aryl methyl sites for hydroxylation is 2. The van der Waals surface area contributed by atoms with E-state index in [1.54, 1.807) is 17.5 Å². The van der Waals surface area contributed by atoms with Crippen LogP contribution in [0.2, 0.25) is 0 Å². The molecule has 1 amide bonds. The number of benzene rings is 1. The summed E-state index contributed by atoms with van der Waals surface area (Å²) >= 11 is 1.23. The summed E-state index contributed by atoms with van der Waals surface area (Å²) in [5.74, 6) is -0.744. The minimum Gasteiger partial charge on any atom is -0.465 e. The van der Waals surface area contributed by atoms with Gasteiger partial charge in [0.15, 0.2) is 0 Å². The molecule has 1 N–H and O–H groups in total. The summed E-state index contributed by atoms with van der Waals surface area (Å²) in [4.78, 5) is 29.4. The van der Waals surface area contributed by atoms with Crippen LogP contribution in [0, 0.1) is 13.8 Å². The van der Waals surface area contributed by atoms with E-state index in [4.69, 9.17) is 4.74 Å². The van der Waals surface area contributed by atoms with Gasteiger partial charge in [-0.15, -0.1) is 11.3 Å². The number of nitrogens with zero attached hydrogens (tertiary/aromatic N) is 1. The highest BCUT2D eigenvalue weighted by molar-refractivity contribution is 7.12. The van der Waals surface area contributed by atoms with Crippen molar-refractivity contribution in [1.82, 2.24) is 4.98 Å². The number of carbonyl (C=O) groups excluding carboxylic acids is 2. The van der Waals surface area contributed by atoms with Crippen LogP contribution < -0.4 is 5.32 Å². The van der Waals surface area contributed by atoms with Gasteiger partial charge in [0, 0.05) is 11.1 Å². The first kappa shape index (κ1) is 16.1. The van der Waals surface area contributed by atoms with E-state index in [1.165, 1.54) is 18.4 Å². The van der Waals surface area contributed by atoms with E-state index in [9.17, 15) is 9.59 Å². The molecule has 0 radical (unpaired) electrons. The zero-order valence-corrected chi connectivity index (χ0v) is 14.4. The molecule has 24 heavy (non-hydrogen) atoms. The Hall–Kier alpha value is -2.73. The highest BCUT2D eigenvalue weighted by atomic mass is 32.1. The van der Waals surface area contributed by atoms with E-state index in [-0.39, 0.29) is 5.91 Å². The van der Waals surface area contributed by atoms with E-state index in [0.29, 0.717) is 16.1 Å². The van der Waals surface area contributed by atoms with Crippen molar-refractivity contribution in [1.29, 1.82) is 0 Å². The summed E-state index contributed by atoms with van der Waals surface area (Å²) in [6.45, 7) is 3.82. The Bertz CT molecular complexity index is 947. The second-order valence-corrected chi connectivity index (χ2v) is 6.36. The Balaban J connectivity index is 2.02. The van der Waals surface area contributed by atoms with Crippen molar-refractivity contribution in [2.75, 3.05) is 12.4 Å². The van der Waals surface area contributed by atoms with Crippen molar-refractivity contribution in [3.8, 4) is 0 Å². The summed E-state index contributed by atoms with van der Waals surface area (Å²) in [6, 6.07) is 9.24. The number of hydrogen-bond acceptors (Lipinski definition) is 5. The van der Waals surface area contributed by atoms with Gasteiger partial charge >= 0.3 is 5.97 Å². The highest BCUT2D eigenvalue weighted by Crippen LogP contribution is 2.26. The number of pyridine rings is 1. The molecular weight excluding hydrogens is 324 g/mol. The van der Waals surface area contributed by atoms with Crippen LogP contribution in [0.15, 0.2) is 35.7 Å². The molecule has 2 heterocycles. The van der Waals surface area contributed by atoms with E-state index >= 15 is 0 Å². The summed E-state index contributed by atoms with van der Waals surface area (Å²) < 4.78 is 4.74. The number of ether oxygens (including phenoxy) is 1. The first-order chi connectivity index (χ1) is 11.5. The lowest BCUT2D eigenvalue weighted by Gasteiger charge is -2.10. The minimum absolute atomic E-state index is 0.278. The standard InChI is InChI=1S/C18H16N2O3S/c1-10-4-5-14-12(8-10)13(9-11(2)19-14)17(21)20-15-6-7-24-16(15)18(22)23-3/h4-9H,1-3H3,(H,20,21). The minimum atomic E-state index is -0.466. The fourth-order valence-electron chi connectivity index (χ4n) is 2.51. The normalized spacial score (nSPS) is 10.6. The van der Waals surface area contributed by atoms with Crippen LogP contribution in [0.3, 0.4) is 0 Å². The van der Waals surface area contributed by atoms with Gasteiger partial charge in [0.05, 0.1) is 23.9 Å². The molecule has 0 saturated carbocycles. The van der Waals surface area contributed by atoms with Gasteiger partial charge in [-0.3, -0.25) is 9.78 Å². The van der Waals surface area contributed by atoms with Gasteiger partial charge < -0.3 is 10.1 Å². The van der Waals surface area contributed by atoms with Crippen molar-refractivity contribution in [3.63, 3.8) is 0 Å². The van der Waals surface area contributed by atoms with E-state index < -0.39 is 5.97 Å². The summed E-state index contributed by atoms with van der Waals surface area (Å²) in [7, 11) is 1.32. The van der Waals surface area contributed by atoms with Crippen molar-refractivity contribution >= 4 is 39.8 Å². The first-order valence-corrected chi connectivity index (χ1v) is 8.22. The fraction of sp³-hybridized carbons (Fsp3) is 0.167. The molecule has 0 aliphatic carbocycles. The quantitative estimate of drug-likeness (QED) is 0.733. The Morgan fingerprint density at radius 1 is 1.17 bits per heavy atom. The Morgan fingerprint density at radius 2 is 1.96 bits per heavy atom. The zero-order chi connectivity index (χ0) is 17.3. The number of carbonyl (C=O) groups is 2. The number of aromatic nitrogens is 1. The predicted octanol–water partition coefficient (Wildman–Crippen LogP) is 3.95. The van der Waals surface area contributed by atoms with E-state index in [2.05, 4.69) is 10.3 Å². The summed E-state index contributed by atoms with van der Waals surface area (Å²) in [5.41, 5.74) is 3.56. The molecule has 5 nitrogen and oxygen atoms in total. The number of rotatable bonds is 3. The Morgan fingerprint density at radius 3 is 2.71 bits per heavy atom. The molecule has 0 saturated heterocycles. The van der Waals surface area contributed by atoms with Crippen LogP contribution in [-0.2, 0) is 4.74 Å². The van der Waals surface area contributed by atoms with Gasteiger partial charge in [0.1, 0.15) is 4.88 Å². The average molecular weight is 340 g/mol. The third kappa shape index (κ3) is 3.00. The second kappa shape index (κ2) is 6.41. The van der Waals surface area contributed by atoms with Gasteiger partial charge in [-0.05, 0) is 43.5 Å². The lowest BCUT2D eigenvalue weighted by atomic mass is 10.0. The maximum absolute atomic E-state index is 12.8. The Kier molecular flexibility index (Phi) is 4.31. The highest BCUT2D eigenvalue weighted by Gasteiger charge is 2.18. The third-order valence-corrected chi connectivity index (χ3v) is 4.52. The molecule has 2 aromatic heterocycles. The van der Waals surface area contributed by atoms with Crippen LogP contribution >= 0.6 is 11.3 Å². The van der Waals surface area contributed by atoms with Crippen LogP contribution in [0.4, 0.5) is 5.69 Å².